The third-order valence-electron chi connectivity index (χ3n) is 2.48. The Morgan fingerprint density at radius 3 is 2.13 bits per heavy atom. The third kappa shape index (κ3) is 11.3. The van der Waals surface area contributed by atoms with Crippen LogP contribution in [-0.4, -0.2) is 38.0 Å². The number of nitrogens with zero attached hydrogens (tertiary/aromatic N) is 1. The molecule has 0 fully saturated rings. The molecule has 0 rings (SSSR count). The van der Waals surface area contributed by atoms with Crippen molar-refractivity contribution in [2.24, 2.45) is 0 Å². The number of hydrogen-bond acceptors (Lipinski definition) is 1. The molecule has 0 unspecified atom stereocenters. The van der Waals surface area contributed by atoms with Crippen molar-refractivity contribution in [2.45, 2.75) is 38.5 Å². The third-order valence-corrected chi connectivity index (χ3v) is 2.48. The van der Waals surface area contributed by atoms with E-state index >= 15 is 0 Å². The highest BCUT2D eigenvalue weighted by Crippen LogP contribution is 2.07. The molecule has 0 saturated carbocycles. The quantitative estimate of drug-likeness (QED) is 0.326. The zero-order chi connectivity index (χ0) is 11.7. The summed E-state index contributed by atoms with van der Waals surface area (Å²) < 4.78 is 1.05. The lowest BCUT2D eigenvalue weighted by Crippen LogP contribution is -2.35. The second-order valence-corrected chi connectivity index (χ2v) is 5.20. The molecule has 0 saturated heterocycles. The Morgan fingerprint density at radius 2 is 1.60 bits per heavy atom. The molecule has 0 aromatic heterocycles. The van der Waals surface area contributed by atoms with Crippen molar-refractivity contribution in [3.8, 4) is 0 Å². The van der Waals surface area contributed by atoms with E-state index in [0.717, 1.165) is 10.9 Å². The van der Waals surface area contributed by atoms with Crippen LogP contribution in [0.2, 0.25) is 0 Å². The predicted molar refractivity (Wildman–Crippen MR) is 65.8 cm³/mol. The second-order valence-electron chi connectivity index (χ2n) is 5.20. The van der Waals surface area contributed by atoms with Gasteiger partial charge in [0.25, 0.3) is 0 Å². The van der Waals surface area contributed by atoms with E-state index in [0.29, 0.717) is 6.42 Å². The fourth-order valence-corrected chi connectivity index (χ4v) is 1.52. The van der Waals surface area contributed by atoms with Crippen molar-refractivity contribution in [1.29, 1.82) is 0 Å². The number of rotatable bonds is 9. The van der Waals surface area contributed by atoms with Crippen LogP contribution in [0.15, 0.2) is 12.7 Å². The van der Waals surface area contributed by atoms with E-state index in [-0.39, 0.29) is 5.78 Å². The highest BCUT2D eigenvalue weighted by Gasteiger charge is 2.05. The van der Waals surface area contributed by atoms with Gasteiger partial charge >= 0.3 is 0 Å². The number of carbonyl (C=O) groups is 1. The maximum absolute atomic E-state index is 10.9. The summed E-state index contributed by atoms with van der Waals surface area (Å²) in [7, 11) is 6.67. The van der Waals surface area contributed by atoms with E-state index in [2.05, 4.69) is 27.7 Å². The van der Waals surface area contributed by atoms with Crippen molar-refractivity contribution in [2.75, 3.05) is 27.7 Å². The molecule has 2 nitrogen and oxygen atoms in total. The minimum absolute atomic E-state index is 0.182. The topological polar surface area (TPSA) is 17.1 Å². The van der Waals surface area contributed by atoms with E-state index < -0.39 is 0 Å². The Hall–Kier alpha value is -0.630. The van der Waals surface area contributed by atoms with Crippen LogP contribution in [0, 0.1) is 0 Å². The fourth-order valence-electron chi connectivity index (χ4n) is 1.52. The van der Waals surface area contributed by atoms with E-state index in [1.54, 1.807) is 0 Å². The van der Waals surface area contributed by atoms with Gasteiger partial charge in [-0.1, -0.05) is 19.4 Å². The van der Waals surface area contributed by atoms with Gasteiger partial charge in [-0.15, -0.1) is 0 Å². The summed E-state index contributed by atoms with van der Waals surface area (Å²) in [5.41, 5.74) is 0. The highest BCUT2D eigenvalue weighted by molar-refractivity contribution is 5.88. The van der Waals surface area contributed by atoms with Gasteiger partial charge in [0.15, 0.2) is 5.78 Å². The van der Waals surface area contributed by atoms with Crippen LogP contribution in [0.25, 0.3) is 0 Å². The number of hydrogen-bond donors (Lipinski definition) is 0. The van der Waals surface area contributed by atoms with Gasteiger partial charge in [-0.3, -0.25) is 4.79 Å². The van der Waals surface area contributed by atoms with Crippen molar-refractivity contribution in [3.63, 3.8) is 0 Å². The molecule has 0 radical (unpaired) electrons. The van der Waals surface area contributed by atoms with Crippen LogP contribution in [-0.2, 0) is 4.79 Å². The Kier molecular flexibility index (Phi) is 7.31. The van der Waals surface area contributed by atoms with Crippen molar-refractivity contribution in [3.05, 3.63) is 12.7 Å². The Balaban J connectivity index is 3.19. The summed E-state index contributed by atoms with van der Waals surface area (Å²) in [6.07, 6.45) is 8.14. The van der Waals surface area contributed by atoms with Crippen LogP contribution in [0.1, 0.15) is 38.5 Å². The smallest absolute Gasteiger partial charge is 0.155 e. The van der Waals surface area contributed by atoms with Crippen LogP contribution in [0.4, 0.5) is 0 Å². The standard InChI is InChI=1S/C13H26NO/c1-5-13(15)11-9-7-6-8-10-12-14(2,3)4/h5H,1,6-12H2,2-4H3/q+1. The molecule has 0 aromatic carbocycles. The Labute approximate surface area is 94.6 Å². The van der Waals surface area contributed by atoms with Gasteiger partial charge in [0.2, 0.25) is 0 Å². The maximum atomic E-state index is 10.9. The van der Waals surface area contributed by atoms with E-state index in [1.807, 2.05) is 0 Å². The lowest BCUT2D eigenvalue weighted by molar-refractivity contribution is -0.870. The van der Waals surface area contributed by atoms with Gasteiger partial charge in [0.1, 0.15) is 0 Å². The molecule has 0 spiro atoms. The lowest BCUT2D eigenvalue weighted by atomic mass is 10.1. The molecule has 0 amide bonds. The van der Waals surface area contributed by atoms with E-state index in [4.69, 9.17) is 0 Å². The number of ketones is 1. The van der Waals surface area contributed by atoms with Crippen LogP contribution >= 0.6 is 0 Å². The predicted octanol–water partition coefficient (Wildman–Crippen LogP) is 2.79. The average molecular weight is 212 g/mol. The fraction of sp³-hybridized carbons (Fsp3) is 0.769. The van der Waals surface area contributed by atoms with Gasteiger partial charge in [0, 0.05) is 6.42 Å². The molecular weight excluding hydrogens is 186 g/mol. The van der Waals surface area contributed by atoms with Crippen LogP contribution in [0.5, 0.6) is 0 Å². The summed E-state index contributed by atoms with van der Waals surface area (Å²) >= 11 is 0. The lowest BCUT2D eigenvalue weighted by Gasteiger charge is -2.23. The molecular formula is C13H26NO+. The zero-order valence-corrected chi connectivity index (χ0v) is 10.6. The molecule has 0 atom stereocenters. The van der Waals surface area contributed by atoms with Crippen LogP contribution < -0.4 is 0 Å². The van der Waals surface area contributed by atoms with Gasteiger partial charge in [0.05, 0.1) is 27.7 Å². The number of unbranched alkanes of at least 4 members (excludes halogenated alkanes) is 4. The van der Waals surface area contributed by atoms with E-state index in [9.17, 15) is 4.79 Å². The van der Waals surface area contributed by atoms with E-state index in [1.165, 1.54) is 38.3 Å². The number of quaternary nitrogens is 1. The first-order valence-corrected chi connectivity index (χ1v) is 5.91. The summed E-state index contributed by atoms with van der Waals surface area (Å²) in [6.45, 7) is 4.71. The molecule has 0 aliphatic heterocycles. The van der Waals surface area contributed by atoms with Gasteiger partial charge in [-0.2, -0.15) is 0 Å². The summed E-state index contributed by atoms with van der Waals surface area (Å²) in [4.78, 5) is 10.9. The zero-order valence-electron chi connectivity index (χ0n) is 10.6. The molecule has 0 heterocycles. The Morgan fingerprint density at radius 1 is 1.07 bits per heavy atom. The van der Waals surface area contributed by atoms with Crippen LogP contribution in [0.3, 0.4) is 0 Å². The minimum atomic E-state index is 0.182. The maximum Gasteiger partial charge on any atom is 0.155 e. The van der Waals surface area contributed by atoms with Crippen molar-refractivity contribution < 1.29 is 9.28 Å². The normalized spacial score (nSPS) is 11.4. The summed E-state index contributed by atoms with van der Waals surface area (Å²) in [5.74, 6) is 0.182. The molecule has 88 valence electrons. The molecule has 0 aliphatic carbocycles. The molecule has 15 heavy (non-hydrogen) atoms. The molecule has 0 N–H and O–H groups in total. The first-order valence-electron chi connectivity index (χ1n) is 5.91. The SMILES string of the molecule is C=CC(=O)CCCCCCC[N+](C)(C)C. The van der Waals surface area contributed by atoms with Gasteiger partial charge < -0.3 is 4.48 Å². The largest absolute Gasteiger partial charge is 0.331 e. The van der Waals surface area contributed by atoms with Gasteiger partial charge in [-0.25, -0.2) is 0 Å². The summed E-state index contributed by atoms with van der Waals surface area (Å²) in [6, 6.07) is 0. The monoisotopic (exact) mass is 212 g/mol. The van der Waals surface area contributed by atoms with Gasteiger partial charge in [-0.05, 0) is 25.3 Å². The van der Waals surface area contributed by atoms with Crippen molar-refractivity contribution in [1.82, 2.24) is 0 Å². The Bertz CT molecular complexity index is 191. The number of carbonyl (C=O) groups excluding carboxylic acids is 1. The minimum Gasteiger partial charge on any atom is -0.331 e. The first-order chi connectivity index (χ1) is 6.95. The first kappa shape index (κ1) is 14.4. The average Bonchev–Trinajstić information content (AvgIpc) is 2.14. The number of allylic oxidation sites excluding steroid dienone is 1. The molecule has 0 aromatic rings. The molecule has 0 aliphatic rings. The summed E-state index contributed by atoms with van der Waals surface area (Å²) in [5, 5.41) is 0. The highest BCUT2D eigenvalue weighted by atomic mass is 16.1. The molecule has 2 heteroatoms. The second kappa shape index (κ2) is 7.63. The van der Waals surface area contributed by atoms with Crippen molar-refractivity contribution >= 4 is 5.78 Å². The molecule has 0 bridgehead atoms.